The van der Waals surface area contributed by atoms with E-state index in [1.807, 2.05) is 91.9 Å². The molecule has 5 aromatic rings. The van der Waals surface area contributed by atoms with Crippen LogP contribution in [-0.4, -0.2) is 25.8 Å². The van der Waals surface area contributed by atoms with Crippen LogP contribution >= 0.6 is 0 Å². The summed E-state index contributed by atoms with van der Waals surface area (Å²) in [5.41, 5.74) is 7.27. The van der Waals surface area contributed by atoms with Crippen LogP contribution in [0.3, 0.4) is 0 Å². The highest BCUT2D eigenvalue weighted by atomic mass is 32.2. The third kappa shape index (κ3) is 4.32. The second-order valence-electron chi connectivity index (χ2n) is 9.78. The highest BCUT2D eigenvalue weighted by Gasteiger charge is 2.35. The molecular formula is C33H27NO4S. The van der Waals surface area contributed by atoms with E-state index in [1.165, 1.54) is 7.11 Å². The Morgan fingerprint density at radius 2 is 1.26 bits per heavy atom. The Bertz CT molecular complexity index is 1810. The van der Waals surface area contributed by atoms with E-state index in [0.717, 1.165) is 49.7 Å². The topological polar surface area (TPSA) is 63.7 Å². The SMILES string of the molecule is COC(=O)c1ccc2c(-c3ccccc3)c3c(c(-c4ccccc4)c2c1)CN(S(=O)(=O)c1ccc(C)cc1)C3. The molecule has 0 unspecified atom stereocenters. The summed E-state index contributed by atoms with van der Waals surface area (Å²) in [7, 11) is -2.38. The van der Waals surface area contributed by atoms with Crippen LogP contribution < -0.4 is 0 Å². The van der Waals surface area contributed by atoms with Crippen LogP contribution in [0.15, 0.2) is 108 Å². The molecule has 0 N–H and O–H groups in total. The van der Waals surface area contributed by atoms with E-state index in [4.69, 9.17) is 4.74 Å². The van der Waals surface area contributed by atoms with Crippen LogP contribution in [0.1, 0.15) is 27.0 Å². The predicted octanol–water partition coefficient (Wildman–Crippen LogP) is 6.97. The number of sulfonamides is 1. The molecule has 194 valence electrons. The lowest BCUT2D eigenvalue weighted by molar-refractivity contribution is 0.0601. The van der Waals surface area contributed by atoms with Crippen molar-refractivity contribution in [3.63, 3.8) is 0 Å². The molecule has 0 spiro atoms. The van der Waals surface area contributed by atoms with Gasteiger partial charge in [-0.25, -0.2) is 13.2 Å². The number of nitrogens with zero attached hydrogens (tertiary/aromatic N) is 1. The second-order valence-corrected chi connectivity index (χ2v) is 11.7. The van der Waals surface area contributed by atoms with Crippen molar-refractivity contribution < 1.29 is 17.9 Å². The number of fused-ring (bicyclic) bond motifs is 2. The average molecular weight is 534 g/mol. The number of benzene rings is 5. The molecule has 0 saturated carbocycles. The third-order valence-electron chi connectivity index (χ3n) is 7.40. The fourth-order valence-corrected chi connectivity index (χ4v) is 6.87. The van der Waals surface area contributed by atoms with Gasteiger partial charge in [-0.2, -0.15) is 4.31 Å². The number of rotatable bonds is 5. The maximum Gasteiger partial charge on any atom is 0.337 e. The number of methoxy groups -OCH3 is 1. The van der Waals surface area contributed by atoms with Gasteiger partial charge in [-0.3, -0.25) is 0 Å². The van der Waals surface area contributed by atoms with E-state index in [0.29, 0.717) is 5.56 Å². The average Bonchev–Trinajstić information content (AvgIpc) is 3.42. The van der Waals surface area contributed by atoms with Gasteiger partial charge in [-0.1, -0.05) is 84.4 Å². The first-order valence-electron chi connectivity index (χ1n) is 12.8. The van der Waals surface area contributed by atoms with Gasteiger partial charge in [-0.05, 0) is 75.3 Å². The van der Waals surface area contributed by atoms with Gasteiger partial charge >= 0.3 is 5.97 Å². The molecule has 0 aliphatic carbocycles. The second kappa shape index (κ2) is 9.80. The molecule has 5 nitrogen and oxygen atoms in total. The first-order valence-corrected chi connectivity index (χ1v) is 14.2. The Morgan fingerprint density at radius 1 is 0.718 bits per heavy atom. The van der Waals surface area contributed by atoms with Crippen LogP contribution in [-0.2, 0) is 27.8 Å². The number of esters is 1. The van der Waals surface area contributed by atoms with Gasteiger partial charge in [0.1, 0.15) is 0 Å². The van der Waals surface area contributed by atoms with Crippen molar-refractivity contribution in [2.75, 3.05) is 7.11 Å². The molecule has 0 radical (unpaired) electrons. The van der Waals surface area contributed by atoms with E-state index in [9.17, 15) is 13.2 Å². The summed E-state index contributed by atoms with van der Waals surface area (Å²) in [4.78, 5) is 12.8. The van der Waals surface area contributed by atoms with Crippen LogP contribution in [0.2, 0.25) is 0 Å². The lowest BCUT2D eigenvalue weighted by Gasteiger charge is -2.19. The normalized spacial score (nSPS) is 13.4. The van der Waals surface area contributed by atoms with E-state index in [1.54, 1.807) is 22.5 Å². The Balaban J connectivity index is 1.66. The quantitative estimate of drug-likeness (QED) is 0.229. The van der Waals surface area contributed by atoms with Crippen molar-refractivity contribution >= 4 is 26.8 Å². The van der Waals surface area contributed by atoms with Crippen molar-refractivity contribution in [2.24, 2.45) is 0 Å². The minimum Gasteiger partial charge on any atom is -0.465 e. The summed E-state index contributed by atoms with van der Waals surface area (Å²) in [5, 5.41) is 1.84. The van der Waals surface area contributed by atoms with E-state index >= 15 is 0 Å². The molecule has 0 atom stereocenters. The zero-order chi connectivity index (χ0) is 27.1. The fraction of sp³-hybridized carbons (Fsp3) is 0.121. The molecule has 0 amide bonds. The summed E-state index contributed by atoms with van der Waals surface area (Å²) in [6.07, 6.45) is 0. The van der Waals surface area contributed by atoms with Crippen LogP contribution in [0.5, 0.6) is 0 Å². The lowest BCUT2D eigenvalue weighted by Crippen LogP contribution is -2.25. The standard InChI is InChI=1S/C33H27NO4S/c1-22-13-16-26(17-14-22)39(36,37)34-20-29-30(21-34)32(24-11-7-4-8-12-24)28-19-25(33(35)38-2)15-18-27(28)31(29)23-9-5-3-6-10-23/h3-19H,20-21H2,1-2H3. The Hall–Kier alpha value is -4.26. The van der Waals surface area contributed by atoms with Crippen molar-refractivity contribution in [1.29, 1.82) is 0 Å². The summed E-state index contributed by atoms with van der Waals surface area (Å²) in [6.45, 7) is 2.42. The predicted molar refractivity (Wildman–Crippen MR) is 154 cm³/mol. The van der Waals surface area contributed by atoms with Gasteiger partial charge in [0.25, 0.3) is 0 Å². The van der Waals surface area contributed by atoms with Crippen LogP contribution in [0.4, 0.5) is 0 Å². The lowest BCUT2D eigenvalue weighted by atomic mass is 9.84. The zero-order valence-electron chi connectivity index (χ0n) is 21.7. The van der Waals surface area contributed by atoms with Gasteiger partial charge in [0, 0.05) is 13.1 Å². The van der Waals surface area contributed by atoms with Crippen molar-refractivity contribution in [2.45, 2.75) is 24.9 Å². The maximum absolute atomic E-state index is 13.9. The number of aryl methyl sites for hydroxylation is 1. The highest BCUT2D eigenvalue weighted by molar-refractivity contribution is 7.89. The Morgan fingerprint density at radius 3 is 1.79 bits per heavy atom. The third-order valence-corrected chi connectivity index (χ3v) is 9.21. The summed E-state index contributed by atoms with van der Waals surface area (Å²) >= 11 is 0. The number of hydrogen-bond donors (Lipinski definition) is 0. The summed E-state index contributed by atoms with van der Waals surface area (Å²) < 4.78 is 34.3. The van der Waals surface area contributed by atoms with Gasteiger partial charge in [-0.15, -0.1) is 0 Å². The summed E-state index contributed by atoms with van der Waals surface area (Å²) in [5.74, 6) is -0.416. The van der Waals surface area contributed by atoms with Gasteiger partial charge in [0.15, 0.2) is 0 Å². The minimum atomic E-state index is -3.75. The molecule has 0 saturated heterocycles. The summed E-state index contributed by atoms with van der Waals surface area (Å²) in [6, 6.07) is 32.6. The zero-order valence-corrected chi connectivity index (χ0v) is 22.5. The largest absolute Gasteiger partial charge is 0.465 e. The molecule has 0 aromatic heterocycles. The van der Waals surface area contributed by atoms with Crippen molar-refractivity contribution in [3.8, 4) is 22.3 Å². The molecule has 0 fully saturated rings. The monoisotopic (exact) mass is 533 g/mol. The molecular weight excluding hydrogens is 506 g/mol. The number of ether oxygens (including phenoxy) is 1. The van der Waals surface area contributed by atoms with E-state index in [-0.39, 0.29) is 18.0 Å². The molecule has 1 aliphatic heterocycles. The van der Waals surface area contributed by atoms with Gasteiger partial charge in [0.05, 0.1) is 17.6 Å². The van der Waals surface area contributed by atoms with E-state index in [2.05, 4.69) is 0 Å². The van der Waals surface area contributed by atoms with Crippen LogP contribution in [0, 0.1) is 6.92 Å². The smallest absolute Gasteiger partial charge is 0.337 e. The molecule has 6 rings (SSSR count). The molecule has 1 heterocycles. The first kappa shape index (κ1) is 25.0. The molecule has 39 heavy (non-hydrogen) atoms. The van der Waals surface area contributed by atoms with Gasteiger partial charge < -0.3 is 4.74 Å². The van der Waals surface area contributed by atoms with Gasteiger partial charge in [0.2, 0.25) is 10.0 Å². The first-order chi connectivity index (χ1) is 18.9. The highest BCUT2D eigenvalue weighted by Crippen LogP contribution is 2.46. The fourth-order valence-electron chi connectivity index (χ4n) is 5.50. The van der Waals surface area contributed by atoms with Crippen molar-refractivity contribution in [1.82, 2.24) is 4.31 Å². The number of carbonyl (C=O) groups excluding carboxylic acids is 1. The molecule has 6 heteroatoms. The molecule has 1 aliphatic rings. The Kier molecular flexibility index (Phi) is 6.29. The molecule has 0 bridgehead atoms. The molecule has 5 aromatic carbocycles. The number of carbonyl (C=O) groups is 1. The van der Waals surface area contributed by atoms with E-state index < -0.39 is 16.0 Å². The maximum atomic E-state index is 13.9. The number of hydrogen-bond acceptors (Lipinski definition) is 4. The van der Waals surface area contributed by atoms with Crippen LogP contribution in [0.25, 0.3) is 33.0 Å². The van der Waals surface area contributed by atoms with Crippen molar-refractivity contribution in [3.05, 3.63) is 125 Å². The minimum absolute atomic E-state index is 0.230. The Labute approximate surface area is 228 Å².